The molecule has 1 aliphatic rings. The number of urea groups is 1. The first-order valence-electron chi connectivity index (χ1n) is 7.74. The van der Waals surface area contributed by atoms with E-state index in [2.05, 4.69) is 17.6 Å². The number of imide groups is 1. The van der Waals surface area contributed by atoms with Crippen molar-refractivity contribution in [1.29, 1.82) is 0 Å². The van der Waals surface area contributed by atoms with Gasteiger partial charge in [-0.15, -0.1) is 0 Å². The molecule has 1 aromatic rings. The predicted molar refractivity (Wildman–Crippen MR) is 85.5 cm³/mol. The Bertz CT molecular complexity index is 585. The van der Waals surface area contributed by atoms with Crippen LogP contribution in [0.2, 0.25) is 0 Å². The molecule has 2 rings (SSSR count). The lowest BCUT2D eigenvalue weighted by molar-refractivity contribution is -0.128. The van der Waals surface area contributed by atoms with Gasteiger partial charge in [0, 0.05) is 26.1 Å². The van der Waals surface area contributed by atoms with Crippen molar-refractivity contribution in [3.63, 3.8) is 0 Å². The van der Waals surface area contributed by atoms with E-state index in [0.29, 0.717) is 13.1 Å². The van der Waals surface area contributed by atoms with Gasteiger partial charge >= 0.3 is 6.03 Å². The molecule has 1 aromatic carbocycles. The molecule has 4 amide bonds. The van der Waals surface area contributed by atoms with Gasteiger partial charge in [-0.1, -0.05) is 31.2 Å². The number of carbonyl (C=O) groups is 3. The molecule has 0 aromatic heterocycles. The predicted octanol–water partition coefficient (Wildman–Crippen LogP) is 0.307. The van der Waals surface area contributed by atoms with Gasteiger partial charge in [0.2, 0.25) is 5.91 Å². The molecular formula is C16H22N4O3. The van der Waals surface area contributed by atoms with E-state index in [-0.39, 0.29) is 24.8 Å². The third-order valence-corrected chi connectivity index (χ3v) is 3.78. The normalized spacial score (nSPS) is 17.3. The Morgan fingerprint density at radius 3 is 2.61 bits per heavy atom. The fourth-order valence-corrected chi connectivity index (χ4v) is 2.42. The summed E-state index contributed by atoms with van der Waals surface area (Å²) in [5.74, 6) is -0.558. The van der Waals surface area contributed by atoms with Gasteiger partial charge in [0.05, 0.1) is 0 Å². The summed E-state index contributed by atoms with van der Waals surface area (Å²) in [5, 5.41) is 5.27. The van der Waals surface area contributed by atoms with Gasteiger partial charge in [-0.3, -0.25) is 14.5 Å². The first kappa shape index (κ1) is 17.0. The number of aryl methyl sites for hydroxylation is 1. The summed E-state index contributed by atoms with van der Waals surface area (Å²) >= 11 is 0. The quantitative estimate of drug-likeness (QED) is 0.629. The first-order valence-corrected chi connectivity index (χ1v) is 7.74. The van der Waals surface area contributed by atoms with E-state index in [1.165, 1.54) is 5.56 Å². The van der Waals surface area contributed by atoms with Crippen molar-refractivity contribution in [2.24, 2.45) is 5.73 Å². The molecule has 7 heteroatoms. The molecule has 124 valence electrons. The van der Waals surface area contributed by atoms with Crippen LogP contribution in [0.25, 0.3) is 0 Å². The highest BCUT2D eigenvalue weighted by Crippen LogP contribution is 2.22. The third kappa shape index (κ3) is 4.07. The Kier molecular flexibility index (Phi) is 5.70. The number of rotatable bonds is 7. The number of hydrogen-bond donors (Lipinski definition) is 3. The topological polar surface area (TPSA) is 105 Å². The molecule has 1 unspecified atom stereocenters. The molecule has 23 heavy (non-hydrogen) atoms. The minimum Gasteiger partial charge on any atom is -0.355 e. The van der Waals surface area contributed by atoms with E-state index >= 15 is 0 Å². The summed E-state index contributed by atoms with van der Waals surface area (Å²) < 4.78 is 0. The number of benzene rings is 1. The molecule has 0 radical (unpaired) electrons. The molecule has 4 N–H and O–H groups in total. The van der Waals surface area contributed by atoms with Gasteiger partial charge in [-0.25, -0.2) is 4.79 Å². The van der Waals surface area contributed by atoms with Crippen LogP contribution in [0.4, 0.5) is 4.79 Å². The molecular weight excluding hydrogens is 296 g/mol. The molecule has 1 saturated heterocycles. The summed E-state index contributed by atoms with van der Waals surface area (Å²) in [7, 11) is 0. The zero-order valence-corrected chi connectivity index (χ0v) is 13.2. The van der Waals surface area contributed by atoms with Crippen molar-refractivity contribution >= 4 is 17.8 Å². The molecule has 1 fully saturated rings. The summed E-state index contributed by atoms with van der Waals surface area (Å²) in [4.78, 5) is 37.0. The number of nitrogens with one attached hydrogen (secondary N) is 2. The fraction of sp³-hybridized carbons (Fsp3) is 0.438. The van der Waals surface area contributed by atoms with E-state index in [1.54, 1.807) is 0 Å². The monoisotopic (exact) mass is 318 g/mol. The molecule has 7 nitrogen and oxygen atoms in total. The fourth-order valence-electron chi connectivity index (χ4n) is 2.42. The third-order valence-electron chi connectivity index (χ3n) is 3.78. The van der Waals surface area contributed by atoms with Crippen molar-refractivity contribution < 1.29 is 14.4 Å². The van der Waals surface area contributed by atoms with Crippen molar-refractivity contribution in [1.82, 2.24) is 15.5 Å². The van der Waals surface area contributed by atoms with Gasteiger partial charge in [0.25, 0.3) is 5.91 Å². The summed E-state index contributed by atoms with van der Waals surface area (Å²) in [6.07, 6.45) is 0.982. The molecule has 1 heterocycles. The highest BCUT2D eigenvalue weighted by atomic mass is 16.2. The Labute approximate surface area is 135 Å². The Balaban J connectivity index is 1.97. The van der Waals surface area contributed by atoms with Crippen LogP contribution in [-0.4, -0.2) is 42.4 Å². The molecule has 0 bridgehead atoms. The first-order chi connectivity index (χ1) is 11.1. The van der Waals surface area contributed by atoms with Crippen molar-refractivity contribution in [3.05, 3.63) is 35.4 Å². The van der Waals surface area contributed by atoms with E-state index in [1.807, 2.05) is 24.3 Å². The lowest BCUT2D eigenvalue weighted by Gasteiger charge is -2.13. The van der Waals surface area contributed by atoms with Crippen LogP contribution in [0, 0.1) is 0 Å². The second kappa shape index (κ2) is 7.73. The number of hydrogen-bond acceptors (Lipinski definition) is 4. The summed E-state index contributed by atoms with van der Waals surface area (Å²) in [6, 6.07) is 6.43. The smallest absolute Gasteiger partial charge is 0.325 e. The second-order valence-electron chi connectivity index (χ2n) is 5.36. The van der Waals surface area contributed by atoms with Gasteiger partial charge in [0.15, 0.2) is 0 Å². The number of amides is 4. The van der Waals surface area contributed by atoms with Crippen LogP contribution in [-0.2, 0) is 16.0 Å². The van der Waals surface area contributed by atoms with E-state index in [0.717, 1.165) is 16.9 Å². The highest BCUT2D eigenvalue weighted by molar-refractivity contribution is 6.04. The molecule has 0 spiro atoms. The average Bonchev–Trinajstić information content (AvgIpc) is 2.85. The summed E-state index contributed by atoms with van der Waals surface area (Å²) in [5.41, 5.74) is 7.21. The maximum absolute atomic E-state index is 12.4. The molecule has 0 aliphatic carbocycles. The van der Waals surface area contributed by atoms with Crippen LogP contribution < -0.4 is 16.4 Å². The van der Waals surface area contributed by atoms with Crippen molar-refractivity contribution in [3.8, 4) is 0 Å². The Morgan fingerprint density at radius 1 is 1.30 bits per heavy atom. The zero-order chi connectivity index (χ0) is 16.8. The van der Waals surface area contributed by atoms with Crippen LogP contribution in [0.3, 0.4) is 0 Å². The number of carbonyl (C=O) groups excluding carboxylic acids is 3. The largest absolute Gasteiger partial charge is 0.355 e. The maximum Gasteiger partial charge on any atom is 0.325 e. The molecule has 1 atom stereocenters. The SMILES string of the molecule is CCc1ccc(C2NC(=O)N(CCC(=O)NCCN)C2=O)cc1. The number of nitrogens with two attached hydrogens (primary N) is 1. The molecule has 0 saturated carbocycles. The van der Waals surface area contributed by atoms with Gasteiger partial charge in [-0.2, -0.15) is 0 Å². The van der Waals surface area contributed by atoms with E-state index < -0.39 is 12.1 Å². The maximum atomic E-state index is 12.4. The Hall–Kier alpha value is -2.41. The van der Waals surface area contributed by atoms with Gasteiger partial charge in [0.1, 0.15) is 6.04 Å². The van der Waals surface area contributed by atoms with Crippen molar-refractivity contribution in [2.45, 2.75) is 25.8 Å². The van der Waals surface area contributed by atoms with Crippen LogP contribution >= 0.6 is 0 Å². The van der Waals surface area contributed by atoms with Gasteiger partial charge in [-0.05, 0) is 17.5 Å². The van der Waals surface area contributed by atoms with Crippen LogP contribution in [0.5, 0.6) is 0 Å². The van der Waals surface area contributed by atoms with Crippen LogP contribution in [0.1, 0.15) is 30.5 Å². The molecule has 1 aliphatic heterocycles. The van der Waals surface area contributed by atoms with E-state index in [4.69, 9.17) is 5.73 Å². The minimum absolute atomic E-state index is 0.0601. The highest BCUT2D eigenvalue weighted by Gasteiger charge is 2.38. The van der Waals surface area contributed by atoms with Crippen LogP contribution in [0.15, 0.2) is 24.3 Å². The average molecular weight is 318 g/mol. The standard InChI is InChI=1S/C16H22N4O3/c1-2-11-3-5-12(6-4-11)14-15(22)20(16(23)19-14)10-7-13(21)18-9-8-17/h3-6,14H,2,7-10,17H2,1H3,(H,18,21)(H,19,23). The summed E-state index contributed by atoms with van der Waals surface area (Å²) in [6.45, 7) is 2.84. The second-order valence-corrected chi connectivity index (χ2v) is 5.36. The van der Waals surface area contributed by atoms with E-state index in [9.17, 15) is 14.4 Å². The van der Waals surface area contributed by atoms with Crippen molar-refractivity contribution in [2.75, 3.05) is 19.6 Å². The zero-order valence-electron chi connectivity index (χ0n) is 13.2. The lowest BCUT2D eigenvalue weighted by atomic mass is 10.0. The Morgan fingerprint density at radius 2 is 2.00 bits per heavy atom. The van der Waals surface area contributed by atoms with Gasteiger partial charge < -0.3 is 16.4 Å². The number of nitrogens with zero attached hydrogens (tertiary/aromatic N) is 1. The minimum atomic E-state index is -0.680. The lowest BCUT2D eigenvalue weighted by Crippen LogP contribution is -2.36.